The minimum atomic E-state index is -0.235. The van der Waals surface area contributed by atoms with Gasteiger partial charge in [-0.15, -0.1) is 0 Å². The Morgan fingerprint density at radius 1 is 1.38 bits per heavy atom. The number of aliphatic hydroxyl groups excluding tert-OH is 2. The van der Waals surface area contributed by atoms with Gasteiger partial charge in [0.05, 0.1) is 12.2 Å². The van der Waals surface area contributed by atoms with Gasteiger partial charge in [0.25, 0.3) is 0 Å². The van der Waals surface area contributed by atoms with Gasteiger partial charge < -0.3 is 10.2 Å². The van der Waals surface area contributed by atoms with Gasteiger partial charge in [0.1, 0.15) is 0 Å². The molecule has 2 heteroatoms. The molecule has 1 saturated carbocycles. The van der Waals surface area contributed by atoms with Crippen molar-refractivity contribution in [1.82, 2.24) is 0 Å². The molecule has 4 unspecified atom stereocenters. The SMILES string of the molecule is CCC1(C(C)O)CCC(C(C)O)C1. The molecule has 1 rings (SSSR count). The van der Waals surface area contributed by atoms with Gasteiger partial charge in [-0.05, 0) is 50.9 Å². The summed E-state index contributed by atoms with van der Waals surface area (Å²) in [6.45, 7) is 5.88. The van der Waals surface area contributed by atoms with Crippen molar-refractivity contribution in [2.24, 2.45) is 11.3 Å². The zero-order valence-corrected chi connectivity index (χ0v) is 8.95. The predicted molar refractivity (Wildman–Crippen MR) is 53.4 cm³/mol. The van der Waals surface area contributed by atoms with Crippen LogP contribution in [0.2, 0.25) is 0 Å². The number of hydrogen-bond acceptors (Lipinski definition) is 2. The zero-order valence-electron chi connectivity index (χ0n) is 8.95. The van der Waals surface area contributed by atoms with E-state index in [0.717, 1.165) is 25.7 Å². The van der Waals surface area contributed by atoms with Crippen LogP contribution < -0.4 is 0 Å². The van der Waals surface area contributed by atoms with Crippen molar-refractivity contribution in [3.8, 4) is 0 Å². The Morgan fingerprint density at radius 2 is 2.00 bits per heavy atom. The fourth-order valence-corrected chi connectivity index (χ4v) is 2.61. The highest BCUT2D eigenvalue weighted by molar-refractivity contribution is 4.93. The summed E-state index contributed by atoms with van der Waals surface area (Å²) in [5.41, 5.74) is 0.0850. The summed E-state index contributed by atoms with van der Waals surface area (Å²) in [7, 11) is 0. The van der Waals surface area contributed by atoms with Crippen molar-refractivity contribution < 1.29 is 10.2 Å². The van der Waals surface area contributed by atoms with Crippen LogP contribution in [0.3, 0.4) is 0 Å². The van der Waals surface area contributed by atoms with Gasteiger partial charge in [0.15, 0.2) is 0 Å². The minimum Gasteiger partial charge on any atom is -0.393 e. The quantitative estimate of drug-likeness (QED) is 0.707. The van der Waals surface area contributed by atoms with E-state index in [1.807, 2.05) is 13.8 Å². The summed E-state index contributed by atoms with van der Waals surface area (Å²) in [6.07, 6.45) is 3.69. The Balaban J connectivity index is 2.63. The monoisotopic (exact) mass is 186 g/mol. The maximum absolute atomic E-state index is 9.72. The van der Waals surface area contributed by atoms with E-state index in [4.69, 9.17) is 0 Å². The lowest BCUT2D eigenvalue weighted by Gasteiger charge is -2.31. The second-order valence-corrected chi connectivity index (χ2v) is 4.64. The molecule has 0 saturated heterocycles. The zero-order chi connectivity index (χ0) is 10.1. The summed E-state index contributed by atoms with van der Waals surface area (Å²) in [4.78, 5) is 0. The Bertz CT molecular complexity index is 165. The molecule has 0 bridgehead atoms. The first-order valence-corrected chi connectivity index (χ1v) is 5.38. The van der Waals surface area contributed by atoms with Crippen molar-refractivity contribution in [2.75, 3.05) is 0 Å². The van der Waals surface area contributed by atoms with Crippen molar-refractivity contribution in [3.63, 3.8) is 0 Å². The Labute approximate surface area is 81.0 Å². The first-order valence-electron chi connectivity index (χ1n) is 5.38. The van der Waals surface area contributed by atoms with Gasteiger partial charge in [-0.25, -0.2) is 0 Å². The molecule has 0 aromatic carbocycles. The Hall–Kier alpha value is -0.0800. The highest BCUT2D eigenvalue weighted by Crippen LogP contribution is 2.47. The van der Waals surface area contributed by atoms with Crippen LogP contribution in [0.4, 0.5) is 0 Å². The van der Waals surface area contributed by atoms with Gasteiger partial charge in [0.2, 0.25) is 0 Å². The van der Waals surface area contributed by atoms with E-state index in [-0.39, 0.29) is 17.6 Å². The van der Waals surface area contributed by atoms with Crippen LogP contribution in [-0.4, -0.2) is 22.4 Å². The largest absolute Gasteiger partial charge is 0.393 e. The molecule has 0 radical (unpaired) electrons. The molecule has 2 N–H and O–H groups in total. The van der Waals surface area contributed by atoms with E-state index >= 15 is 0 Å². The molecule has 0 spiro atoms. The predicted octanol–water partition coefficient (Wildman–Crippen LogP) is 1.94. The van der Waals surface area contributed by atoms with E-state index < -0.39 is 0 Å². The van der Waals surface area contributed by atoms with Gasteiger partial charge in [-0.1, -0.05) is 6.92 Å². The molecule has 4 atom stereocenters. The van der Waals surface area contributed by atoms with Crippen LogP contribution in [-0.2, 0) is 0 Å². The molecule has 0 aromatic rings. The molecule has 0 amide bonds. The molecular weight excluding hydrogens is 164 g/mol. The summed E-state index contributed by atoms with van der Waals surface area (Å²) >= 11 is 0. The van der Waals surface area contributed by atoms with E-state index in [0.29, 0.717) is 5.92 Å². The van der Waals surface area contributed by atoms with Crippen molar-refractivity contribution in [1.29, 1.82) is 0 Å². The number of rotatable bonds is 3. The Kier molecular flexibility index (Phi) is 3.36. The third kappa shape index (κ3) is 2.05. The van der Waals surface area contributed by atoms with Gasteiger partial charge in [-0.2, -0.15) is 0 Å². The number of hydrogen-bond donors (Lipinski definition) is 2. The van der Waals surface area contributed by atoms with Crippen LogP contribution in [0.25, 0.3) is 0 Å². The molecule has 78 valence electrons. The van der Waals surface area contributed by atoms with E-state index in [9.17, 15) is 10.2 Å². The summed E-state index contributed by atoms with van der Waals surface area (Å²) in [5, 5.41) is 19.2. The van der Waals surface area contributed by atoms with E-state index in [1.54, 1.807) is 0 Å². The van der Waals surface area contributed by atoms with Gasteiger partial charge in [-0.3, -0.25) is 0 Å². The smallest absolute Gasteiger partial charge is 0.0568 e. The summed E-state index contributed by atoms with van der Waals surface area (Å²) in [5.74, 6) is 0.398. The topological polar surface area (TPSA) is 40.5 Å². The van der Waals surface area contributed by atoms with E-state index in [2.05, 4.69) is 6.92 Å². The average Bonchev–Trinajstić information content (AvgIpc) is 2.49. The molecule has 1 aliphatic rings. The maximum Gasteiger partial charge on any atom is 0.0568 e. The minimum absolute atomic E-state index is 0.0850. The lowest BCUT2D eigenvalue weighted by Crippen LogP contribution is -2.30. The van der Waals surface area contributed by atoms with Crippen LogP contribution in [0.1, 0.15) is 46.5 Å². The normalized spacial score (nSPS) is 39.0. The summed E-state index contributed by atoms with van der Waals surface area (Å²) < 4.78 is 0. The molecule has 13 heavy (non-hydrogen) atoms. The van der Waals surface area contributed by atoms with Crippen molar-refractivity contribution in [2.45, 2.75) is 58.7 Å². The van der Waals surface area contributed by atoms with Crippen LogP contribution in [0.15, 0.2) is 0 Å². The maximum atomic E-state index is 9.72. The molecule has 1 aliphatic carbocycles. The third-order valence-electron chi connectivity index (χ3n) is 3.95. The molecule has 0 aliphatic heterocycles. The molecular formula is C11H22O2. The number of aliphatic hydroxyl groups is 2. The van der Waals surface area contributed by atoms with Gasteiger partial charge in [0, 0.05) is 0 Å². The summed E-state index contributed by atoms with van der Waals surface area (Å²) in [6, 6.07) is 0. The highest BCUT2D eigenvalue weighted by Gasteiger charge is 2.42. The van der Waals surface area contributed by atoms with Crippen LogP contribution in [0, 0.1) is 11.3 Å². The van der Waals surface area contributed by atoms with Crippen molar-refractivity contribution in [3.05, 3.63) is 0 Å². The lowest BCUT2D eigenvalue weighted by atomic mass is 9.77. The first kappa shape index (κ1) is 11.0. The molecule has 2 nitrogen and oxygen atoms in total. The second kappa shape index (κ2) is 3.97. The molecule has 0 heterocycles. The molecule has 0 aromatic heterocycles. The average molecular weight is 186 g/mol. The first-order chi connectivity index (χ1) is 6.02. The lowest BCUT2D eigenvalue weighted by molar-refractivity contribution is 0.0287. The fraction of sp³-hybridized carbons (Fsp3) is 1.00. The van der Waals surface area contributed by atoms with Gasteiger partial charge >= 0.3 is 0 Å². The fourth-order valence-electron chi connectivity index (χ4n) is 2.61. The highest BCUT2D eigenvalue weighted by atomic mass is 16.3. The third-order valence-corrected chi connectivity index (χ3v) is 3.95. The van der Waals surface area contributed by atoms with Crippen LogP contribution >= 0.6 is 0 Å². The van der Waals surface area contributed by atoms with Crippen molar-refractivity contribution >= 4 is 0 Å². The second-order valence-electron chi connectivity index (χ2n) is 4.64. The molecule has 1 fully saturated rings. The van der Waals surface area contributed by atoms with Crippen LogP contribution in [0.5, 0.6) is 0 Å². The van der Waals surface area contributed by atoms with E-state index in [1.165, 1.54) is 0 Å². The Morgan fingerprint density at radius 3 is 2.23 bits per heavy atom. The standard InChI is InChI=1S/C11H22O2/c1-4-11(9(3)13)6-5-10(7-11)8(2)12/h8-10,12-13H,4-7H2,1-3H3.